The van der Waals surface area contributed by atoms with Crippen LogP contribution in [0.15, 0.2) is 60.8 Å². The summed E-state index contributed by atoms with van der Waals surface area (Å²) in [7, 11) is 0. The minimum Gasteiger partial charge on any atom is -0.391 e. The largest absolute Gasteiger partial charge is 0.391 e. The lowest BCUT2D eigenvalue weighted by molar-refractivity contribution is 0.0799. The topological polar surface area (TPSA) is 39.9 Å². The van der Waals surface area contributed by atoms with E-state index in [2.05, 4.69) is 10.1 Å². The lowest BCUT2D eigenvalue weighted by Gasteiger charge is -2.08. The number of hydrogen-bond acceptors (Lipinski definition) is 3. The molecule has 108 valence electrons. The highest BCUT2D eigenvalue weighted by Crippen LogP contribution is 2.25. The first-order chi connectivity index (χ1) is 10.8. The van der Waals surface area contributed by atoms with Crippen LogP contribution in [0.4, 0.5) is 0 Å². The van der Waals surface area contributed by atoms with Crippen LogP contribution in [0.5, 0.6) is 0 Å². The number of pyridine rings is 1. The van der Waals surface area contributed by atoms with Gasteiger partial charge in [-0.1, -0.05) is 53.4 Å². The summed E-state index contributed by atoms with van der Waals surface area (Å²) >= 11 is 0. The molecule has 0 aliphatic carbocycles. The first-order valence-electron chi connectivity index (χ1n) is 7.23. The molecule has 0 aliphatic heterocycles. The van der Waals surface area contributed by atoms with Crippen molar-refractivity contribution in [3.05, 3.63) is 72.1 Å². The van der Waals surface area contributed by atoms with Gasteiger partial charge in [0.15, 0.2) is 0 Å². The maximum Gasteiger partial charge on any atom is 0.142 e. The highest BCUT2D eigenvalue weighted by Gasteiger charge is 2.12. The van der Waals surface area contributed by atoms with E-state index in [0.717, 1.165) is 33.1 Å². The van der Waals surface area contributed by atoms with E-state index in [9.17, 15) is 0 Å². The van der Waals surface area contributed by atoms with Crippen LogP contribution in [0.25, 0.3) is 21.8 Å². The molecule has 0 unspecified atom stereocenters. The molecule has 0 bridgehead atoms. The zero-order chi connectivity index (χ0) is 14.9. The van der Waals surface area contributed by atoms with Gasteiger partial charge in [-0.15, -0.1) is 5.10 Å². The number of fused-ring (bicyclic) bond motifs is 3. The summed E-state index contributed by atoms with van der Waals surface area (Å²) in [5.41, 5.74) is 4.00. The Morgan fingerprint density at radius 2 is 1.73 bits per heavy atom. The van der Waals surface area contributed by atoms with Gasteiger partial charge in [0.1, 0.15) is 12.1 Å². The van der Waals surface area contributed by atoms with Gasteiger partial charge in [0.25, 0.3) is 0 Å². The van der Waals surface area contributed by atoms with Crippen molar-refractivity contribution in [1.29, 1.82) is 0 Å². The van der Waals surface area contributed by atoms with Crippen molar-refractivity contribution in [2.45, 2.75) is 13.5 Å². The Bertz CT molecular complexity index is 945. The molecule has 0 atom stereocenters. The van der Waals surface area contributed by atoms with Gasteiger partial charge in [-0.25, -0.2) is 0 Å². The normalized spacial score (nSPS) is 11.1. The Morgan fingerprint density at radius 1 is 0.955 bits per heavy atom. The zero-order valence-electron chi connectivity index (χ0n) is 12.2. The Hall–Kier alpha value is -2.88. The molecule has 0 N–H and O–H groups in total. The molecule has 0 saturated carbocycles. The van der Waals surface area contributed by atoms with Crippen molar-refractivity contribution in [1.82, 2.24) is 14.9 Å². The second-order valence-electron chi connectivity index (χ2n) is 5.25. The number of aromatic nitrogens is 3. The Balaban J connectivity index is 1.81. The standard InChI is InChI=1S/C18H15N3O/c1-13-16-11-19-21(22-12-14-7-3-2-4-8-14)18(16)15-9-5-6-10-17(15)20-13/h2-11H,12H2,1H3. The highest BCUT2D eigenvalue weighted by atomic mass is 16.7. The van der Waals surface area contributed by atoms with E-state index < -0.39 is 0 Å². The molecule has 0 aliphatic rings. The highest BCUT2D eigenvalue weighted by molar-refractivity contribution is 6.04. The molecule has 4 nitrogen and oxygen atoms in total. The monoisotopic (exact) mass is 289 g/mol. The van der Waals surface area contributed by atoms with Gasteiger partial charge >= 0.3 is 0 Å². The van der Waals surface area contributed by atoms with Gasteiger partial charge in [-0.2, -0.15) is 0 Å². The minimum atomic E-state index is 0.479. The van der Waals surface area contributed by atoms with E-state index in [-0.39, 0.29) is 0 Å². The second-order valence-corrected chi connectivity index (χ2v) is 5.25. The van der Waals surface area contributed by atoms with Crippen molar-refractivity contribution >= 4 is 21.8 Å². The molecule has 22 heavy (non-hydrogen) atoms. The van der Waals surface area contributed by atoms with Crippen LogP contribution in [0, 0.1) is 6.92 Å². The quantitative estimate of drug-likeness (QED) is 0.579. The number of para-hydroxylation sites is 1. The molecule has 0 radical (unpaired) electrons. The summed E-state index contributed by atoms with van der Waals surface area (Å²) in [6.07, 6.45) is 1.81. The first-order valence-corrected chi connectivity index (χ1v) is 7.23. The average molecular weight is 289 g/mol. The third-order valence-electron chi connectivity index (χ3n) is 3.77. The van der Waals surface area contributed by atoms with Crippen LogP contribution in [-0.4, -0.2) is 14.9 Å². The van der Waals surface area contributed by atoms with Crippen LogP contribution in [0.3, 0.4) is 0 Å². The average Bonchev–Trinajstić information content (AvgIpc) is 2.99. The van der Waals surface area contributed by atoms with Gasteiger partial charge < -0.3 is 4.84 Å². The zero-order valence-corrected chi connectivity index (χ0v) is 12.2. The summed E-state index contributed by atoms with van der Waals surface area (Å²) in [5, 5.41) is 6.45. The fourth-order valence-corrected chi connectivity index (χ4v) is 2.67. The maximum absolute atomic E-state index is 5.89. The third-order valence-corrected chi connectivity index (χ3v) is 3.77. The molecular formula is C18H15N3O. The summed E-state index contributed by atoms with van der Waals surface area (Å²) in [4.78, 5) is 12.1. The molecule has 2 aromatic carbocycles. The fourth-order valence-electron chi connectivity index (χ4n) is 2.67. The summed E-state index contributed by atoms with van der Waals surface area (Å²) < 4.78 is 0. The Labute approximate surface area is 127 Å². The fraction of sp³-hybridized carbons (Fsp3) is 0.111. The van der Waals surface area contributed by atoms with Crippen LogP contribution < -0.4 is 4.84 Å². The number of hydrogen-bond donors (Lipinski definition) is 0. The summed E-state index contributed by atoms with van der Waals surface area (Å²) in [6, 6.07) is 18.1. The maximum atomic E-state index is 5.89. The van der Waals surface area contributed by atoms with E-state index in [1.165, 1.54) is 0 Å². The van der Waals surface area contributed by atoms with Crippen molar-refractivity contribution in [2.75, 3.05) is 0 Å². The number of aryl methyl sites for hydroxylation is 1. The molecule has 4 aromatic rings. The molecule has 2 heterocycles. The summed E-state index contributed by atoms with van der Waals surface area (Å²) in [6.45, 7) is 2.48. The minimum absolute atomic E-state index is 0.479. The lowest BCUT2D eigenvalue weighted by atomic mass is 10.1. The molecule has 0 fully saturated rings. The van der Waals surface area contributed by atoms with E-state index in [1.807, 2.05) is 67.7 Å². The van der Waals surface area contributed by atoms with E-state index in [1.54, 1.807) is 4.85 Å². The molecule has 0 saturated heterocycles. The smallest absolute Gasteiger partial charge is 0.142 e. The number of nitrogens with zero attached hydrogens (tertiary/aromatic N) is 3. The van der Waals surface area contributed by atoms with Crippen LogP contribution in [-0.2, 0) is 6.61 Å². The van der Waals surface area contributed by atoms with Gasteiger partial charge in [-0.05, 0) is 18.6 Å². The van der Waals surface area contributed by atoms with E-state index >= 15 is 0 Å². The van der Waals surface area contributed by atoms with Crippen LogP contribution >= 0.6 is 0 Å². The van der Waals surface area contributed by atoms with Gasteiger partial charge in [0.05, 0.1) is 11.7 Å². The predicted octanol–water partition coefficient (Wildman–Crippen LogP) is 3.52. The van der Waals surface area contributed by atoms with E-state index in [0.29, 0.717) is 6.61 Å². The molecule has 0 amide bonds. The Morgan fingerprint density at radius 3 is 2.59 bits per heavy atom. The number of rotatable bonds is 3. The van der Waals surface area contributed by atoms with Gasteiger partial charge in [-0.3, -0.25) is 4.98 Å². The Kier molecular flexibility index (Phi) is 3.00. The first kappa shape index (κ1) is 12.8. The predicted molar refractivity (Wildman–Crippen MR) is 86.5 cm³/mol. The van der Waals surface area contributed by atoms with Crippen molar-refractivity contribution in [3.8, 4) is 0 Å². The van der Waals surface area contributed by atoms with Crippen LogP contribution in [0.2, 0.25) is 0 Å². The molecule has 0 spiro atoms. The van der Waals surface area contributed by atoms with Gasteiger partial charge in [0, 0.05) is 16.5 Å². The van der Waals surface area contributed by atoms with Crippen molar-refractivity contribution in [2.24, 2.45) is 0 Å². The van der Waals surface area contributed by atoms with E-state index in [4.69, 9.17) is 4.84 Å². The second kappa shape index (κ2) is 5.15. The van der Waals surface area contributed by atoms with Crippen LogP contribution in [0.1, 0.15) is 11.3 Å². The molecular weight excluding hydrogens is 274 g/mol. The molecule has 2 aromatic heterocycles. The SMILES string of the molecule is Cc1nc2ccccc2c2c1cnn2OCc1ccccc1. The van der Waals surface area contributed by atoms with Crippen molar-refractivity contribution in [3.63, 3.8) is 0 Å². The number of benzene rings is 2. The van der Waals surface area contributed by atoms with Gasteiger partial charge in [0.2, 0.25) is 0 Å². The third kappa shape index (κ3) is 2.09. The molecule has 4 heteroatoms. The summed E-state index contributed by atoms with van der Waals surface area (Å²) in [5.74, 6) is 0. The lowest BCUT2D eigenvalue weighted by Crippen LogP contribution is -2.12. The molecule has 4 rings (SSSR count). The van der Waals surface area contributed by atoms with Crippen molar-refractivity contribution < 1.29 is 4.84 Å².